The predicted molar refractivity (Wildman–Crippen MR) is 136 cm³/mol. The molecule has 2 N–H and O–H groups in total. The summed E-state index contributed by atoms with van der Waals surface area (Å²) in [5.74, 6) is 0.827. The maximum absolute atomic E-state index is 12.8. The van der Waals surface area contributed by atoms with Gasteiger partial charge in [-0.2, -0.15) is 9.97 Å². The van der Waals surface area contributed by atoms with Gasteiger partial charge in [0.2, 0.25) is 5.88 Å². The highest BCUT2D eigenvalue weighted by Crippen LogP contribution is 2.31. The molecule has 0 atom stereocenters. The second-order valence-corrected chi connectivity index (χ2v) is 9.39. The summed E-state index contributed by atoms with van der Waals surface area (Å²) >= 11 is 1.39. The van der Waals surface area contributed by atoms with Crippen LogP contribution < -0.4 is 25.0 Å². The third-order valence-electron chi connectivity index (χ3n) is 5.69. The lowest BCUT2D eigenvalue weighted by Gasteiger charge is -2.27. The molecule has 3 amide bonds. The van der Waals surface area contributed by atoms with Crippen LogP contribution in [0, 0.1) is 0 Å². The minimum absolute atomic E-state index is 0.00749. The number of amides is 3. The number of urea groups is 1. The van der Waals surface area contributed by atoms with Gasteiger partial charge in [-0.15, -0.1) is 0 Å². The highest BCUT2D eigenvalue weighted by atomic mass is 32.1. The van der Waals surface area contributed by atoms with E-state index in [2.05, 4.69) is 35.5 Å². The Hall–Kier alpha value is -4.00. The largest absolute Gasteiger partial charge is 0.481 e. The quantitative estimate of drug-likeness (QED) is 0.490. The van der Waals surface area contributed by atoms with Crippen molar-refractivity contribution in [1.29, 1.82) is 0 Å². The molecule has 13 heteroatoms. The van der Waals surface area contributed by atoms with E-state index >= 15 is 0 Å². The van der Waals surface area contributed by atoms with Crippen molar-refractivity contribution in [2.24, 2.45) is 0 Å². The number of hydrogen-bond donors (Lipinski definition) is 2. The topological polar surface area (TPSA) is 135 Å². The maximum atomic E-state index is 12.8. The summed E-state index contributed by atoms with van der Waals surface area (Å²) in [5.41, 5.74) is 1.43. The molecule has 190 valence electrons. The van der Waals surface area contributed by atoms with Crippen LogP contribution in [0.1, 0.15) is 34.9 Å². The van der Waals surface area contributed by atoms with Crippen molar-refractivity contribution in [2.75, 3.05) is 43.3 Å². The van der Waals surface area contributed by atoms with E-state index in [1.54, 1.807) is 37.3 Å². The molecule has 1 aliphatic rings. The molecular formula is C23H28N8O4S. The first-order valence-corrected chi connectivity index (χ1v) is 12.1. The number of aromatic nitrogens is 4. The summed E-state index contributed by atoms with van der Waals surface area (Å²) in [6, 6.07) is 4.78. The van der Waals surface area contributed by atoms with Crippen LogP contribution in [0.15, 0.2) is 24.4 Å². The summed E-state index contributed by atoms with van der Waals surface area (Å²) in [5, 5.41) is 5.97. The summed E-state index contributed by atoms with van der Waals surface area (Å²) < 4.78 is 10.4. The lowest BCUT2D eigenvalue weighted by Crippen LogP contribution is -2.34. The summed E-state index contributed by atoms with van der Waals surface area (Å²) in [6.07, 6.45) is 2.21. The van der Waals surface area contributed by atoms with Crippen molar-refractivity contribution in [1.82, 2.24) is 24.8 Å². The number of hydrogen-bond acceptors (Lipinski definition) is 10. The SMILES string of the molecule is COc1cc(N2CCc3nc(NC(=O)Nc4cccnc4C(=O)N(C)C(C)C)sc3C2)nc(OC)n1. The van der Waals surface area contributed by atoms with E-state index in [1.165, 1.54) is 24.6 Å². The molecule has 0 saturated carbocycles. The number of fused-ring (bicyclic) bond motifs is 1. The van der Waals surface area contributed by atoms with E-state index in [4.69, 9.17) is 9.47 Å². The highest BCUT2D eigenvalue weighted by Gasteiger charge is 2.24. The van der Waals surface area contributed by atoms with Crippen molar-refractivity contribution in [3.63, 3.8) is 0 Å². The molecule has 4 heterocycles. The first-order chi connectivity index (χ1) is 17.3. The summed E-state index contributed by atoms with van der Waals surface area (Å²) in [7, 11) is 4.74. The Balaban J connectivity index is 1.45. The van der Waals surface area contributed by atoms with Gasteiger partial charge in [0.1, 0.15) is 5.82 Å². The second-order valence-electron chi connectivity index (χ2n) is 8.30. The van der Waals surface area contributed by atoms with Crippen LogP contribution in [0.25, 0.3) is 0 Å². The molecule has 0 unspecified atom stereocenters. The van der Waals surface area contributed by atoms with Gasteiger partial charge in [-0.25, -0.2) is 14.8 Å². The predicted octanol–water partition coefficient (Wildman–Crippen LogP) is 3.03. The molecule has 0 aliphatic carbocycles. The van der Waals surface area contributed by atoms with E-state index < -0.39 is 6.03 Å². The highest BCUT2D eigenvalue weighted by molar-refractivity contribution is 7.15. The monoisotopic (exact) mass is 512 g/mol. The standard InChI is InChI=1S/C23H28N8O4S/c1-13(2)30(3)20(32)19-15(7-6-9-24-19)25-21(33)29-23-26-14-8-10-31(12-16(14)36-23)17-11-18(34-4)28-22(27-17)35-5/h6-7,9,11,13H,8,10,12H2,1-5H3,(H2,25,26,29,33). The Morgan fingerprint density at radius 1 is 1.17 bits per heavy atom. The van der Waals surface area contributed by atoms with E-state index in [1.807, 2.05) is 13.8 Å². The van der Waals surface area contributed by atoms with Gasteiger partial charge in [-0.05, 0) is 26.0 Å². The molecule has 12 nitrogen and oxygen atoms in total. The van der Waals surface area contributed by atoms with E-state index in [0.29, 0.717) is 42.0 Å². The average molecular weight is 513 g/mol. The van der Waals surface area contributed by atoms with Crippen molar-refractivity contribution < 1.29 is 19.1 Å². The second kappa shape index (κ2) is 10.7. The van der Waals surface area contributed by atoms with Crippen LogP contribution in [-0.4, -0.2) is 70.6 Å². The van der Waals surface area contributed by atoms with Gasteiger partial charge in [0, 0.05) is 43.2 Å². The van der Waals surface area contributed by atoms with Gasteiger partial charge >= 0.3 is 12.0 Å². The van der Waals surface area contributed by atoms with Crippen LogP contribution in [-0.2, 0) is 13.0 Å². The molecule has 0 aromatic carbocycles. The number of nitrogens with zero attached hydrogens (tertiary/aromatic N) is 6. The zero-order chi connectivity index (χ0) is 25.8. The van der Waals surface area contributed by atoms with Crippen molar-refractivity contribution >= 4 is 39.9 Å². The molecule has 3 aromatic rings. The van der Waals surface area contributed by atoms with E-state index in [-0.39, 0.29) is 23.7 Å². The fourth-order valence-corrected chi connectivity index (χ4v) is 4.54. The van der Waals surface area contributed by atoms with E-state index in [0.717, 1.165) is 10.6 Å². The first kappa shape index (κ1) is 25.1. The van der Waals surface area contributed by atoms with Gasteiger partial charge in [-0.3, -0.25) is 10.1 Å². The minimum Gasteiger partial charge on any atom is -0.481 e. The summed E-state index contributed by atoms with van der Waals surface area (Å²) in [4.78, 5) is 47.5. The van der Waals surface area contributed by atoms with Crippen molar-refractivity contribution in [3.8, 4) is 11.9 Å². The number of methoxy groups -OCH3 is 2. The third kappa shape index (κ3) is 5.46. The van der Waals surface area contributed by atoms with Gasteiger partial charge in [0.25, 0.3) is 5.91 Å². The van der Waals surface area contributed by atoms with Gasteiger partial charge in [-0.1, -0.05) is 11.3 Å². The Morgan fingerprint density at radius 3 is 2.69 bits per heavy atom. The lowest BCUT2D eigenvalue weighted by atomic mass is 10.2. The van der Waals surface area contributed by atoms with Gasteiger partial charge in [0.15, 0.2) is 10.8 Å². The molecular weight excluding hydrogens is 484 g/mol. The summed E-state index contributed by atoms with van der Waals surface area (Å²) in [6.45, 7) is 5.08. The van der Waals surface area contributed by atoms with Crippen LogP contribution in [0.4, 0.5) is 21.4 Å². The zero-order valence-corrected chi connectivity index (χ0v) is 21.5. The number of anilines is 3. The Kier molecular flexibility index (Phi) is 7.48. The van der Waals surface area contributed by atoms with Crippen molar-refractivity contribution in [3.05, 3.63) is 40.7 Å². The lowest BCUT2D eigenvalue weighted by molar-refractivity contribution is 0.0750. The van der Waals surface area contributed by atoms with Crippen LogP contribution in [0.3, 0.4) is 0 Å². The van der Waals surface area contributed by atoms with Crippen LogP contribution in [0.5, 0.6) is 11.9 Å². The Labute approximate surface area is 212 Å². The van der Waals surface area contributed by atoms with Crippen LogP contribution in [0.2, 0.25) is 0 Å². The molecule has 3 aromatic heterocycles. The normalized spacial score (nSPS) is 12.7. The molecule has 0 saturated heterocycles. The zero-order valence-electron chi connectivity index (χ0n) is 20.7. The first-order valence-electron chi connectivity index (χ1n) is 11.3. The fourth-order valence-electron chi connectivity index (χ4n) is 3.52. The minimum atomic E-state index is -0.502. The number of carbonyl (C=O) groups excluding carboxylic acids is 2. The number of pyridine rings is 1. The Bertz CT molecular complexity index is 1240. The molecule has 0 fully saturated rings. The average Bonchev–Trinajstić information content (AvgIpc) is 3.28. The number of nitrogens with one attached hydrogen (secondary N) is 2. The number of ether oxygens (including phenoxy) is 2. The molecule has 0 radical (unpaired) electrons. The smallest absolute Gasteiger partial charge is 0.325 e. The maximum Gasteiger partial charge on any atom is 0.325 e. The molecule has 0 spiro atoms. The fraction of sp³-hybridized carbons (Fsp3) is 0.391. The molecule has 36 heavy (non-hydrogen) atoms. The molecule has 1 aliphatic heterocycles. The van der Waals surface area contributed by atoms with E-state index in [9.17, 15) is 9.59 Å². The van der Waals surface area contributed by atoms with Crippen molar-refractivity contribution in [2.45, 2.75) is 32.9 Å². The number of carbonyl (C=O) groups is 2. The Morgan fingerprint density at radius 2 is 1.97 bits per heavy atom. The third-order valence-corrected chi connectivity index (χ3v) is 6.69. The molecule has 4 rings (SSSR count). The van der Waals surface area contributed by atoms with Gasteiger partial charge < -0.3 is 24.6 Å². The van der Waals surface area contributed by atoms with Crippen LogP contribution >= 0.6 is 11.3 Å². The van der Waals surface area contributed by atoms with Gasteiger partial charge in [0.05, 0.1) is 32.1 Å². The number of thiazole rings is 1. The molecule has 0 bridgehead atoms. The number of rotatable bonds is 7.